The Labute approximate surface area is 94.3 Å². The summed E-state index contributed by atoms with van der Waals surface area (Å²) in [7, 11) is 1.46. The molecule has 1 unspecified atom stereocenters. The highest BCUT2D eigenvalue weighted by Crippen LogP contribution is 2.12. The van der Waals surface area contributed by atoms with Gasteiger partial charge in [-0.3, -0.25) is 24.8 Å². The second-order valence-corrected chi connectivity index (χ2v) is 4.33. The Hall–Kier alpha value is -1.59. The second kappa shape index (κ2) is 4.96. The van der Waals surface area contributed by atoms with Crippen molar-refractivity contribution >= 4 is 17.7 Å². The first-order valence-corrected chi connectivity index (χ1v) is 5.26. The van der Waals surface area contributed by atoms with Crippen molar-refractivity contribution < 1.29 is 14.4 Å². The average Bonchev–Trinajstić information content (AvgIpc) is 2.42. The number of rotatable bonds is 4. The molecule has 16 heavy (non-hydrogen) atoms. The van der Waals surface area contributed by atoms with Crippen LogP contribution in [-0.2, 0) is 14.4 Å². The third-order valence-corrected chi connectivity index (χ3v) is 2.32. The summed E-state index contributed by atoms with van der Waals surface area (Å²) in [6, 6.07) is 0. The zero-order valence-electron chi connectivity index (χ0n) is 9.74. The van der Waals surface area contributed by atoms with Crippen LogP contribution < -0.4 is 10.7 Å². The Kier molecular flexibility index (Phi) is 3.87. The molecule has 1 aliphatic heterocycles. The molecule has 0 aromatic heterocycles. The van der Waals surface area contributed by atoms with E-state index in [1.165, 1.54) is 7.05 Å². The first-order valence-electron chi connectivity index (χ1n) is 5.26. The maximum atomic E-state index is 11.5. The molecule has 0 aromatic rings. The number of nitrogens with zero attached hydrogens (tertiary/aromatic N) is 1. The smallest absolute Gasteiger partial charge is 0.253 e. The molecule has 0 spiro atoms. The normalized spacial score (nSPS) is 20.2. The maximum absolute atomic E-state index is 11.5. The van der Waals surface area contributed by atoms with E-state index in [0.29, 0.717) is 12.5 Å². The highest BCUT2D eigenvalue weighted by Gasteiger charge is 2.38. The number of hydrogen-bond donors (Lipinski definition) is 2. The van der Waals surface area contributed by atoms with Crippen LogP contribution >= 0.6 is 0 Å². The Bertz CT molecular complexity index is 314. The van der Waals surface area contributed by atoms with Crippen LogP contribution in [0, 0.1) is 11.8 Å². The zero-order valence-corrected chi connectivity index (χ0v) is 9.74. The van der Waals surface area contributed by atoms with E-state index in [4.69, 9.17) is 0 Å². The summed E-state index contributed by atoms with van der Waals surface area (Å²) in [6.45, 7) is 4.50. The molecule has 90 valence electrons. The van der Waals surface area contributed by atoms with Gasteiger partial charge in [0, 0.05) is 20.0 Å². The fraction of sp³-hybridized carbons (Fsp3) is 0.700. The summed E-state index contributed by atoms with van der Waals surface area (Å²) in [5.41, 5.74) is 2.35. The minimum absolute atomic E-state index is 0.0816. The van der Waals surface area contributed by atoms with E-state index in [9.17, 15) is 14.4 Å². The molecule has 6 nitrogen and oxygen atoms in total. The molecule has 1 saturated heterocycles. The van der Waals surface area contributed by atoms with E-state index in [2.05, 4.69) is 10.7 Å². The van der Waals surface area contributed by atoms with Crippen molar-refractivity contribution in [2.24, 2.45) is 11.8 Å². The van der Waals surface area contributed by atoms with Gasteiger partial charge in [0.15, 0.2) is 0 Å². The lowest BCUT2D eigenvalue weighted by Gasteiger charge is -2.09. The van der Waals surface area contributed by atoms with Gasteiger partial charge in [-0.25, -0.2) is 0 Å². The summed E-state index contributed by atoms with van der Waals surface area (Å²) < 4.78 is 0. The highest BCUT2D eigenvalue weighted by atomic mass is 16.2. The van der Waals surface area contributed by atoms with Gasteiger partial charge < -0.3 is 5.32 Å². The minimum atomic E-state index is -0.878. The van der Waals surface area contributed by atoms with E-state index in [1.54, 1.807) is 0 Å². The van der Waals surface area contributed by atoms with Crippen LogP contribution in [-0.4, -0.2) is 36.3 Å². The van der Waals surface area contributed by atoms with Crippen molar-refractivity contribution in [3.8, 4) is 0 Å². The van der Waals surface area contributed by atoms with Gasteiger partial charge in [0.1, 0.15) is 5.92 Å². The highest BCUT2D eigenvalue weighted by molar-refractivity contribution is 6.07. The Morgan fingerprint density at radius 1 is 1.50 bits per heavy atom. The van der Waals surface area contributed by atoms with Crippen molar-refractivity contribution in [1.82, 2.24) is 15.8 Å². The summed E-state index contributed by atoms with van der Waals surface area (Å²) in [6.07, 6.45) is -0.0816. The van der Waals surface area contributed by atoms with Crippen molar-refractivity contribution in [2.45, 2.75) is 20.3 Å². The van der Waals surface area contributed by atoms with E-state index in [-0.39, 0.29) is 18.2 Å². The largest absolute Gasteiger partial charge is 0.356 e. The van der Waals surface area contributed by atoms with E-state index in [0.717, 1.165) is 5.01 Å². The Morgan fingerprint density at radius 2 is 2.12 bits per heavy atom. The number of carbonyl (C=O) groups excluding carboxylic acids is 3. The van der Waals surface area contributed by atoms with Gasteiger partial charge in [0.2, 0.25) is 5.91 Å². The first kappa shape index (κ1) is 12.5. The number of nitrogens with one attached hydrogen (secondary N) is 2. The molecule has 0 aromatic carbocycles. The molecule has 0 bridgehead atoms. The van der Waals surface area contributed by atoms with Crippen molar-refractivity contribution in [3.05, 3.63) is 0 Å². The molecule has 0 aliphatic carbocycles. The molecule has 1 heterocycles. The van der Waals surface area contributed by atoms with Gasteiger partial charge in [-0.15, -0.1) is 0 Å². The van der Waals surface area contributed by atoms with Gasteiger partial charge >= 0.3 is 0 Å². The van der Waals surface area contributed by atoms with Crippen LogP contribution in [0.1, 0.15) is 20.3 Å². The number of hydrogen-bond acceptors (Lipinski definition) is 3. The molecule has 1 atom stereocenters. The summed E-state index contributed by atoms with van der Waals surface area (Å²) in [5, 5.41) is 3.79. The quantitative estimate of drug-likeness (QED) is 0.621. The Balaban J connectivity index is 2.45. The van der Waals surface area contributed by atoms with Crippen LogP contribution in [0.15, 0.2) is 0 Å². The predicted octanol–water partition coefficient (Wildman–Crippen LogP) is -0.732. The van der Waals surface area contributed by atoms with Crippen molar-refractivity contribution in [2.75, 3.05) is 13.6 Å². The zero-order chi connectivity index (χ0) is 12.3. The molecule has 0 saturated carbocycles. The molecule has 2 N–H and O–H groups in total. The van der Waals surface area contributed by atoms with Gasteiger partial charge in [-0.05, 0) is 5.92 Å². The molecule has 1 rings (SSSR count). The van der Waals surface area contributed by atoms with Crippen molar-refractivity contribution in [3.63, 3.8) is 0 Å². The van der Waals surface area contributed by atoms with Crippen LogP contribution in [0.2, 0.25) is 0 Å². The molecular formula is C10H17N3O3. The van der Waals surface area contributed by atoms with E-state index < -0.39 is 11.8 Å². The van der Waals surface area contributed by atoms with Crippen molar-refractivity contribution in [1.29, 1.82) is 0 Å². The summed E-state index contributed by atoms with van der Waals surface area (Å²) in [4.78, 5) is 34.2. The van der Waals surface area contributed by atoms with Crippen LogP contribution in [0.25, 0.3) is 0 Å². The first-order chi connectivity index (χ1) is 7.41. The maximum Gasteiger partial charge on any atom is 0.253 e. The lowest BCUT2D eigenvalue weighted by Crippen LogP contribution is -2.32. The topological polar surface area (TPSA) is 78.5 Å². The summed E-state index contributed by atoms with van der Waals surface area (Å²) in [5.74, 6) is -1.56. The molecular weight excluding hydrogens is 210 g/mol. The molecule has 0 radical (unpaired) electrons. The standard InChI is InChI=1S/C10H17N3O3/c1-6(2)5-11-8(14)4-7-9(15)12-13(3)10(7)16/h6-7H,4-5H2,1-3H3,(H,11,14)(H,12,15). The lowest BCUT2D eigenvalue weighted by molar-refractivity contribution is -0.135. The van der Waals surface area contributed by atoms with Gasteiger partial charge in [-0.1, -0.05) is 13.8 Å². The molecule has 6 heteroatoms. The monoisotopic (exact) mass is 227 g/mol. The van der Waals surface area contributed by atoms with Crippen LogP contribution in [0.4, 0.5) is 0 Å². The molecule has 1 fully saturated rings. The fourth-order valence-electron chi connectivity index (χ4n) is 1.40. The van der Waals surface area contributed by atoms with Crippen LogP contribution in [0.3, 0.4) is 0 Å². The number of amides is 3. The van der Waals surface area contributed by atoms with Gasteiger partial charge in [-0.2, -0.15) is 0 Å². The number of carbonyl (C=O) groups is 3. The van der Waals surface area contributed by atoms with Gasteiger partial charge in [0.25, 0.3) is 11.8 Å². The average molecular weight is 227 g/mol. The minimum Gasteiger partial charge on any atom is -0.356 e. The summed E-state index contributed by atoms with van der Waals surface area (Å²) >= 11 is 0. The molecule has 3 amide bonds. The predicted molar refractivity (Wildman–Crippen MR) is 56.9 cm³/mol. The number of hydrazine groups is 1. The third kappa shape index (κ3) is 2.95. The van der Waals surface area contributed by atoms with E-state index >= 15 is 0 Å². The Morgan fingerprint density at radius 3 is 2.56 bits per heavy atom. The van der Waals surface area contributed by atoms with E-state index in [1.807, 2.05) is 13.8 Å². The molecule has 1 aliphatic rings. The van der Waals surface area contributed by atoms with Crippen LogP contribution in [0.5, 0.6) is 0 Å². The lowest BCUT2D eigenvalue weighted by atomic mass is 10.0. The SMILES string of the molecule is CC(C)CNC(=O)CC1C(=O)NN(C)C1=O. The second-order valence-electron chi connectivity index (χ2n) is 4.33. The van der Waals surface area contributed by atoms with Gasteiger partial charge in [0.05, 0.1) is 0 Å². The third-order valence-electron chi connectivity index (χ3n) is 2.32. The fourth-order valence-corrected chi connectivity index (χ4v) is 1.40.